The van der Waals surface area contributed by atoms with E-state index in [1.54, 1.807) is 37.3 Å². The fourth-order valence-corrected chi connectivity index (χ4v) is 4.40. The van der Waals surface area contributed by atoms with Crippen molar-refractivity contribution in [1.82, 2.24) is 5.32 Å². The number of non-ortho nitro benzene ring substituents is 1. The number of nitrogens with zero attached hydrogens (tertiary/aromatic N) is 2. The predicted molar refractivity (Wildman–Crippen MR) is 96.0 cm³/mol. The predicted octanol–water partition coefficient (Wildman–Crippen LogP) is 2.16. The zero-order chi connectivity index (χ0) is 19.3. The molecule has 138 valence electrons. The SMILES string of the molecule is C[C@@H]1N[C@]2(C(=O)Nc3ccccc32)[C@H]([N+](=O)[O-])[C@@H]1c1cccc([N+](=O)[O-])c1. The van der Waals surface area contributed by atoms with Crippen LogP contribution in [0.2, 0.25) is 0 Å². The molecule has 0 bridgehead atoms. The Labute approximate surface area is 153 Å². The Kier molecular flexibility index (Phi) is 3.70. The molecule has 2 aromatic rings. The Morgan fingerprint density at radius 3 is 2.52 bits per heavy atom. The summed E-state index contributed by atoms with van der Waals surface area (Å²) in [6, 6.07) is 10.9. The monoisotopic (exact) mass is 368 g/mol. The summed E-state index contributed by atoms with van der Waals surface area (Å²) in [5.41, 5.74) is -0.140. The number of benzene rings is 2. The molecule has 2 aromatic carbocycles. The number of fused-ring (bicyclic) bond motifs is 2. The van der Waals surface area contributed by atoms with E-state index in [4.69, 9.17) is 0 Å². The number of anilines is 1. The van der Waals surface area contributed by atoms with Gasteiger partial charge in [0.2, 0.25) is 0 Å². The van der Waals surface area contributed by atoms with Crippen LogP contribution in [-0.2, 0) is 10.3 Å². The zero-order valence-electron chi connectivity index (χ0n) is 14.3. The Bertz CT molecular complexity index is 978. The van der Waals surface area contributed by atoms with Gasteiger partial charge in [0.05, 0.1) is 10.8 Å². The van der Waals surface area contributed by atoms with Crippen LogP contribution in [0.3, 0.4) is 0 Å². The second-order valence-electron chi connectivity index (χ2n) is 6.85. The molecule has 0 unspecified atom stereocenters. The van der Waals surface area contributed by atoms with E-state index in [0.717, 1.165) is 0 Å². The average Bonchev–Trinajstić information content (AvgIpc) is 3.10. The van der Waals surface area contributed by atoms with Gasteiger partial charge < -0.3 is 5.32 Å². The number of carbonyl (C=O) groups excluding carboxylic acids is 1. The molecular formula is C18H16N4O5. The van der Waals surface area contributed by atoms with Gasteiger partial charge in [-0.1, -0.05) is 30.3 Å². The van der Waals surface area contributed by atoms with E-state index in [1.165, 1.54) is 18.2 Å². The molecular weight excluding hydrogens is 352 g/mol. The quantitative estimate of drug-likeness (QED) is 0.631. The standard InChI is InChI=1S/C18H16N4O5/c1-10-15(11-5-4-6-12(9-11)21(24)25)16(22(26)27)18(20-10)13-7-2-3-8-14(13)19-17(18)23/h2-10,15-16,20H,1H3,(H,19,23)/t10-,15-,16+,18-/m0/s1. The lowest BCUT2D eigenvalue weighted by Gasteiger charge is -2.25. The average molecular weight is 368 g/mol. The highest BCUT2D eigenvalue weighted by atomic mass is 16.6. The van der Waals surface area contributed by atoms with Crippen LogP contribution in [0.4, 0.5) is 11.4 Å². The molecule has 4 atom stereocenters. The summed E-state index contributed by atoms with van der Waals surface area (Å²) in [5.74, 6) is -1.19. The Balaban J connectivity index is 1.89. The van der Waals surface area contributed by atoms with Crippen LogP contribution in [0, 0.1) is 20.2 Å². The van der Waals surface area contributed by atoms with E-state index in [9.17, 15) is 25.0 Å². The highest BCUT2D eigenvalue weighted by Crippen LogP contribution is 2.49. The number of nitro groups is 2. The summed E-state index contributed by atoms with van der Waals surface area (Å²) >= 11 is 0. The maximum absolute atomic E-state index is 12.9. The largest absolute Gasteiger partial charge is 0.324 e. The minimum absolute atomic E-state index is 0.140. The molecule has 1 spiro atoms. The molecule has 1 saturated heterocycles. The van der Waals surface area contributed by atoms with Gasteiger partial charge in [0, 0.05) is 34.3 Å². The van der Waals surface area contributed by atoms with Crippen molar-refractivity contribution in [1.29, 1.82) is 0 Å². The molecule has 27 heavy (non-hydrogen) atoms. The smallest absolute Gasteiger partial charge is 0.269 e. The second kappa shape index (κ2) is 5.85. The third kappa shape index (κ3) is 2.32. The number of nitrogens with one attached hydrogen (secondary N) is 2. The normalized spacial score (nSPS) is 28.8. The molecule has 2 aliphatic heterocycles. The second-order valence-corrected chi connectivity index (χ2v) is 6.85. The van der Waals surface area contributed by atoms with Crippen LogP contribution in [0.15, 0.2) is 48.5 Å². The molecule has 1 fully saturated rings. The van der Waals surface area contributed by atoms with Gasteiger partial charge in [-0.15, -0.1) is 0 Å². The van der Waals surface area contributed by atoms with Gasteiger partial charge >= 0.3 is 0 Å². The number of para-hydroxylation sites is 1. The van der Waals surface area contributed by atoms with E-state index in [0.29, 0.717) is 16.8 Å². The molecule has 9 heteroatoms. The van der Waals surface area contributed by atoms with Crippen molar-refractivity contribution < 1.29 is 14.6 Å². The molecule has 1 amide bonds. The van der Waals surface area contributed by atoms with Crippen molar-refractivity contribution >= 4 is 17.3 Å². The van der Waals surface area contributed by atoms with Crippen molar-refractivity contribution in [2.45, 2.75) is 30.5 Å². The van der Waals surface area contributed by atoms with Gasteiger partial charge in [-0.25, -0.2) is 0 Å². The van der Waals surface area contributed by atoms with Gasteiger partial charge in [-0.2, -0.15) is 0 Å². The van der Waals surface area contributed by atoms with Gasteiger partial charge in [-0.3, -0.25) is 30.3 Å². The van der Waals surface area contributed by atoms with Crippen LogP contribution in [-0.4, -0.2) is 27.8 Å². The molecule has 2 heterocycles. The van der Waals surface area contributed by atoms with E-state index >= 15 is 0 Å². The lowest BCUT2D eigenvalue weighted by Crippen LogP contribution is -2.54. The first-order valence-corrected chi connectivity index (χ1v) is 8.42. The minimum Gasteiger partial charge on any atom is -0.324 e. The summed E-state index contributed by atoms with van der Waals surface area (Å²) in [7, 11) is 0. The third-order valence-corrected chi connectivity index (χ3v) is 5.43. The molecule has 4 rings (SSSR count). The lowest BCUT2D eigenvalue weighted by atomic mass is 9.78. The molecule has 0 aromatic heterocycles. The van der Waals surface area contributed by atoms with Crippen molar-refractivity contribution in [2.24, 2.45) is 0 Å². The fraction of sp³-hybridized carbons (Fsp3) is 0.278. The summed E-state index contributed by atoms with van der Waals surface area (Å²) in [4.78, 5) is 35.1. The Morgan fingerprint density at radius 2 is 1.81 bits per heavy atom. The highest BCUT2D eigenvalue weighted by Gasteiger charge is 2.67. The molecule has 2 N–H and O–H groups in total. The summed E-state index contributed by atoms with van der Waals surface area (Å²) in [6.07, 6.45) is 0. The summed E-state index contributed by atoms with van der Waals surface area (Å²) in [5, 5.41) is 29.1. The lowest BCUT2D eigenvalue weighted by molar-refractivity contribution is -0.532. The molecule has 0 radical (unpaired) electrons. The van der Waals surface area contributed by atoms with E-state index in [-0.39, 0.29) is 5.69 Å². The van der Waals surface area contributed by atoms with Crippen LogP contribution in [0.1, 0.15) is 24.0 Å². The van der Waals surface area contributed by atoms with Crippen molar-refractivity contribution in [3.05, 3.63) is 79.9 Å². The van der Waals surface area contributed by atoms with Crippen LogP contribution >= 0.6 is 0 Å². The van der Waals surface area contributed by atoms with Crippen molar-refractivity contribution in [2.75, 3.05) is 5.32 Å². The number of rotatable bonds is 3. The number of amides is 1. The van der Waals surface area contributed by atoms with Gasteiger partial charge in [0.25, 0.3) is 17.6 Å². The minimum atomic E-state index is -1.52. The van der Waals surface area contributed by atoms with Crippen LogP contribution in [0.25, 0.3) is 0 Å². The number of nitro benzene ring substituents is 1. The molecule has 9 nitrogen and oxygen atoms in total. The molecule has 0 saturated carbocycles. The molecule has 2 aliphatic rings. The van der Waals surface area contributed by atoms with Crippen LogP contribution in [0.5, 0.6) is 0 Å². The maximum atomic E-state index is 12.9. The van der Waals surface area contributed by atoms with Gasteiger partial charge in [0.15, 0.2) is 5.54 Å². The highest BCUT2D eigenvalue weighted by molar-refractivity contribution is 6.07. The topological polar surface area (TPSA) is 127 Å². The van der Waals surface area contributed by atoms with Gasteiger partial charge in [-0.05, 0) is 18.6 Å². The van der Waals surface area contributed by atoms with Gasteiger partial charge in [0.1, 0.15) is 0 Å². The Hall–Kier alpha value is -3.33. The first-order valence-electron chi connectivity index (χ1n) is 8.42. The number of carbonyl (C=O) groups is 1. The number of hydrogen-bond donors (Lipinski definition) is 2. The van der Waals surface area contributed by atoms with E-state index in [2.05, 4.69) is 10.6 Å². The zero-order valence-corrected chi connectivity index (χ0v) is 14.3. The summed E-state index contributed by atoms with van der Waals surface area (Å²) < 4.78 is 0. The van der Waals surface area contributed by atoms with Crippen LogP contribution < -0.4 is 10.6 Å². The van der Waals surface area contributed by atoms with Crippen molar-refractivity contribution in [3.63, 3.8) is 0 Å². The fourth-order valence-electron chi connectivity index (χ4n) is 4.40. The third-order valence-electron chi connectivity index (χ3n) is 5.43. The van der Waals surface area contributed by atoms with E-state index in [1.807, 2.05) is 0 Å². The summed E-state index contributed by atoms with van der Waals surface area (Å²) in [6.45, 7) is 1.75. The van der Waals surface area contributed by atoms with E-state index < -0.39 is 39.3 Å². The Morgan fingerprint density at radius 1 is 1.07 bits per heavy atom. The first-order chi connectivity index (χ1) is 12.9. The number of hydrogen-bond acceptors (Lipinski definition) is 6. The molecule has 0 aliphatic carbocycles. The van der Waals surface area contributed by atoms with Crippen molar-refractivity contribution in [3.8, 4) is 0 Å². The maximum Gasteiger partial charge on any atom is 0.269 e. The first kappa shape index (κ1) is 17.1.